The van der Waals surface area contributed by atoms with Gasteiger partial charge in [0.25, 0.3) is 11.7 Å². The van der Waals surface area contributed by atoms with E-state index < -0.39 is 17.7 Å². The summed E-state index contributed by atoms with van der Waals surface area (Å²) < 4.78 is 17.0. The number of carbonyl (C=O) groups is 2. The largest absolute Gasteiger partial charge is 0.507 e. The molecule has 0 aliphatic carbocycles. The van der Waals surface area contributed by atoms with E-state index in [1.165, 1.54) is 0 Å². The summed E-state index contributed by atoms with van der Waals surface area (Å²) in [4.78, 5) is 30.4. The molecule has 4 rings (SSSR count). The van der Waals surface area contributed by atoms with E-state index in [9.17, 15) is 14.7 Å². The van der Waals surface area contributed by atoms with Gasteiger partial charge in [-0.1, -0.05) is 49.1 Å². The molecule has 0 bridgehead atoms. The van der Waals surface area contributed by atoms with Crippen molar-refractivity contribution in [3.8, 4) is 11.5 Å². The number of aliphatic hydroxyl groups excluding tert-OH is 1. The van der Waals surface area contributed by atoms with Gasteiger partial charge in [-0.2, -0.15) is 0 Å². The summed E-state index contributed by atoms with van der Waals surface area (Å²) >= 11 is 0. The molecule has 8 heteroatoms. The highest BCUT2D eigenvalue weighted by molar-refractivity contribution is 6.46. The molecule has 1 N–H and O–H groups in total. The van der Waals surface area contributed by atoms with Gasteiger partial charge < -0.3 is 24.2 Å². The van der Waals surface area contributed by atoms with Crippen LogP contribution in [-0.4, -0.2) is 79.2 Å². The fourth-order valence-electron chi connectivity index (χ4n) is 4.73. The molecule has 0 aromatic heterocycles. The van der Waals surface area contributed by atoms with Crippen molar-refractivity contribution < 1.29 is 28.9 Å². The number of carbonyl (C=O) groups excluding carboxylic acids is 2. The zero-order valence-electron chi connectivity index (χ0n) is 21.2. The van der Waals surface area contributed by atoms with Gasteiger partial charge >= 0.3 is 0 Å². The standard InChI is InChI=1S/C29H34N2O6/c1-3-17-37-23-12-11-22(20-24(23)36-4-2)26-25(27(32)21-9-6-5-7-10-21)28(33)29(34)31(26)14-8-13-30-15-18-35-19-16-30/h3,5-7,9-12,20,26,32H,1,4,8,13-19H2,2H3/b27-25+. The fraction of sp³-hybridized carbons (Fsp3) is 0.379. The van der Waals surface area contributed by atoms with Gasteiger partial charge in [-0.25, -0.2) is 0 Å². The zero-order valence-corrected chi connectivity index (χ0v) is 21.2. The SMILES string of the molecule is C=CCOc1ccc(C2/C(=C(\O)c3ccccc3)C(=O)C(=O)N2CCCN2CCOCC2)cc1OCC. The molecule has 2 fully saturated rings. The molecular weight excluding hydrogens is 472 g/mol. The van der Waals surface area contributed by atoms with Gasteiger partial charge in [-0.3, -0.25) is 14.5 Å². The highest BCUT2D eigenvalue weighted by atomic mass is 16.5. The van der Waals surface area contributed by atoms with Crippen LogP contribution >= 0.6 is 0 Å². The molecule has 0 radical (unpaired) electrons. The molecule has 2 aliphatic rings. The van der Waals surface area contributed by atoms with Gasteiger partial charge in [0.1, 0.15) is 12.4 Å². The average Bonchev–Trinajstić information content (AvgIpc) is 3.18. The second-order valence-electron chi connectivity index (χ2n) is 8.90. The topological polar surface area (TPSA) is 88.5 Å². The van der Waals surface area contributed by atoms with E-state index in [2.05, 4.69) is 11.5 Å². The number of aliphatic hydroxyl groups is 1. The average molecular weight is 507 g/mol. The summed E-state index contributed by atoms with van der Waals surface area (Å²) in [5.41, 5.74) is 1.22. The molecule has 196 valence electrons. The number of hydrogen-bond donors (Lipinski definition) is 1. The van der Waals surface area contributed by atoms with Crippen molar-refractivity contribution in [1.29, 1.82) is 0 Å². The number of Topliss-reactive ketones (excluding diaryl/α,β-unsaturated/α-hetero) is 1. The van der Waals surface area contributed by atoms with Gasteiger partial charge in [0.05, 0.1) is 31.4 Å². The Labute approximate surface area is 217 Å². The van der Waals surface area contributed by atoms with E-state index in [0.717, 1.165) is 19.6 Å². The maximum absolute atomic E-state index is 13.3. The Morgan fingerprint density at radius 3 is 2.54 bits per heavy atom. The van der Waals surface area contributed by atoms with Crippen LogP contribution < -0.4 is 9.47 Å². The van der Waals surface area contributed by atoms with Crippen molar-refractivity contribution in [3.63, 3.8) is 0 Å². The predicted octanol–water partition coefficient (Wildman–Crippen LogP) is 3.79. The first-order valence-corrected chi connectivity index (χ1v) is 12.7. The molecule has 2 aromatic carbocycles. The zero-order chi connectivity index (χ0) is 26.2. The van der Waals surface area contributed by atoms with Crippen LogP contribution in [0.5, 0.6) is 11.5 Å². The number of hydrogen-bond acceptors (Lipinski definition) is 7. The van der Waals surface area contributed by atoms with Crippen molar-refractivity contribution in [2.45, 2.75) is 19.4 Å². The van der Waals surface area contributed by atoms with Crippen LogP contribution in [0.1, 0.15) is 30.5 Å². The Morgan fingerprint density at radius 1 is 1.08 bits per heavy atom. The Bertz CT molecular complexity index is 1140. The molecule has 2 saturated heterocycles. The number of nitrogens with zero attached hydrogens (tertiary/aromatic N) is 2. The summed E-state index contributed by atoms with van der Waals surface area (Å²) in [6.07, 6.45) is 2.33. The van der Waals surface area contributed by atoms with E-state index in [1.807, 2.05) is 19.1 Å². The van der Waals surface area contributed by atoms with Crippen LogP contribution in [0.15, 0.2) is 66.8 Å². The second-order valence-corrected chi connectivity index (χ2v) is 8.90. The second kappa shape index (κ2) is 12.6. The van der Waals surface area contributed by atoms with Crippen LogP contribution in [0, 0.1) is 0 Å². The third kappa shape index (κ3) is 6.03. The van der Waals surface area contributed by atoms with E-state index in [1.54, 1.807) is 47.4 Å². The predicted molar refractivity (Wildman–Crippen MR) is 141 cm³/mol. The van der Waals surface area contributed by atoms with E-state index in [4.69, 9.17) is 14.2 Å². The molecule has 1 atom stereocenters. The highest BCUT2D eigenvalue weighted by Gasteiger charge is 2.46. The van der Waals surface area contributed by atoms with Gasteiger partial charge in [0, 0.05) is 31.7 Å². The Morgan fingerprint density at radius 2 is 1.84 bits per heavy atom. The molecule has 2 aromatic rings. The number of morpholine rings is 1. The van der Waals surface area contributed by atoms with Gasteiger partial charge in [0.2, 0.25) is 0 Å². The smallest absolute Gasteiger partial charge is 0.295 e. The van der Waals surface area contributed by atoms with Crippen molar-refractivity contribution >= 4 is 17.4 Å². The normalized spacial score (nSPS) is 19.7. The Hall–Kier alpha value is -3.62. The maximum Gasteiger partial charge on any atom is 0.295 e. The minimum atomic E-state index is -0.752. The summed E-state index contributed by atoms with van der Waals surface area (Å²) in [5.74, 6) is -0.458. The summed E-state index contributed by atoms with van der Waals surface area (Å²) in [6.45, 7) is 10.5. The van der Waals surface area contributed by atoms with Crippen LogP contribution in [0.25, 0.3) is 5.76 Å². The first kappa shape index (κ1) is 26.4. The Balaban J connectivity index is 1.71. The molecule has 1 unspecified atom stereocenters. The molecule has 8 nitrogen and oxygen atoms in total. The minimum Gasteiger partial charge on any atom is -0.507 e. The third-order valence-corrected chi connectivity index (χ3v) is 6.50. The first-order chi connectivity index (χ1) is 18.0. The maximum atomic E-state index is 13.3. The monoisotopic (exact) mass is 506 g/mol. The summed E-state index contributed by atoms with van der Waals surface area (Å²) in [7, 11) is 0. The van der Waals surface area contributed by atoms with E-state index in [0.29, 0.717) is 62.0 Å². The van der Waals surface area contributed by atoms with Crippen LogP contribution in [-0.2, 0) is 14.3 Å². The number of likely N-dealkylation sites (tertiary alicyclic amines) is 1. The first-order valence-electron chi connectivity index (χ1n) is 12.7. The van der Waals surface area contributed by atoms with Gasteiger partial charge in [-0.15, -0.1) is 0 Å². The number of rotatable bonds is 11. The number of ether oxygens (including phenoxy) is 3. The van der Waals surface area contributed by atoms with Crippen LogP contribution in [0.4, 0.5) is 0 Å². The van der Waals surface area contributed by atoms with Crippen molar-refractivity contribution in [1.82, 2.24) is 9.80 Å². The quantitative estimate of drug-likeness (QED) is 0.215. The lowest BCUT2D eigenvalue weighted by Crippen LogP contribution is -2.39. The van der Waals surface area contributed by atoms with Crippen molar-refractivity contribution in [2.75, 3.05) is 52.6 Å². The minimum absolute atomic E-state index is 0.0739. The van der Waals surface area contributed by atoms with E-state index in [-0.39, 0.29) is 11.3 Å². The molecule has 0 saturated carbocycles. The molecule has 37 heavy (non-hydrogen) atoms. The third-order valence-electron chi connectivity index (χ3n) is 6.50. The lowest BCUT2D eigenvalue weighted by atomic mass is 9.95. The van der Waals surface area contributed by atoms with Crippen LogP contribution in [0.3, 0.4) is 0 Å². The number of ketones is 1. The lowest BCUT2D eigenvalue weighted by Gasteiger charge is -2.29. The summed E-state index contributed by atoms with van der Waals surface area (Å²) in [6, 6.07) is 13.4. The Kier molecular flexibility index (Phi) is 8.98. The van der Waals surface area contributed by atoms with Crippen molar-refractivity contribution in [3.05, 3.63) is 77.9 Å². The lowest BCUT2D eigenvalue weighted by molar-refractivity contribution is -0.140. The molecule has 0 spiro atoms. The van der Waals surface area contributed by atoms with Gasteiger partial charge in [0.15, 0.2) is 11.5 Å². The molecular formula is C29H34N2O6. The van der Waals surface area contributed by atoms with Crippen molar-refractivity contribution in [2.24, 2.45) is 0 Å². The fourth-order valence-corrected chi connectivity index (χ4v) is 4.73. The number of benzene rings is 2. The molecule has 2 heterocycles. The summed E-state index contributed by atoms with van der Waals surface area (Å²) in [5, 5.41) is 11.2. The molecule has 2 aliphatic heterocycles. The number of amides is 1. The van der Waals surface area contributed by atoms with Gasteiger partial charge in [-0.05, 0) is 31.0 Å². The van der Waals surface area contributed by atoms with Crippen LogP contribution in [0.2, 0.25) is 0 Å². The molecule has 1 amide bonds. The van der Waals surface area contributed by atoms with E-state index >= 15 is 0 Å². The highest BCUT2D eigenvalue weighted by Crippen LogP contribution is 2.42.